The Morgan fingerprint density at radius 1 is 1.27 bits per heavy atom. The molecule has 186 valence electrons. The third-order valence-electron chi connectivity index (χ3n) is 5.60. The first kappa shape index (κ1) is 26.9. The van der Waals surface area contributed by atoms with Gasteiger partial charge in [-0.05, 0) is 36.0 Å². The summed E-state index contributed by atoms with van der Waals surface area (Å²) in [6.45, 7) is 4.85. The van der Waals surface area contributed by atoms with Crippen LogP contribution in [0, 0.1) is 17.7 Å². The molecule has 1 fully saturated rings. The van der Waals surface area contributed by atoms with Gasteiger partial charge in [0.15, 0.2) is 17.5 Å². The van der Waals surface area contributed by atoms with Crippen molar-refractivity contribution in [2.75, 3.05) is 20.3 Å². The molecular formula is C24H39FN4O4. The standard InChI is InChI=1S/C24H39FN4O4/c1-16(2)14-33-15-22(30)29-24(26)28-20(11-17-7-5-4-6-8-17)23(31)27-13-18-9-10-19(25)21(12-18)32-3/h9-10,12,16-17,20,22,30H,4-8,11,13-15H2,1-3H3,(H,27,31)(H3,26,28,29). The van der Waals surface area contributed by atoms with Gasteiger partial charge in [0.2, 0.25) is 5.91 Å². The van der Waals surface area contributed by atoms with Crippen LogP contribution in [0.2, 0.25) is 0 Å². The predicted octanol–water partition coefficient (Wildman–Crippen LogP) is 2.68. The van der Waals surface area contributed by atoms with Crippen LogP contribution in [-0.2, 0) is 16.1 Å². The fourth-order valence-corrected chi connectivity index (χ4v) is 3.91. The highest BCUT2D eigenvalue weighted by atomic mass is 19.1. The van der Waals surface area contributed by atoms with E-state index in [-0.39, 0.29) is 30.8 Å². The maximum absolute atomic E-state index is 13.6. The molecule has 5 N–H and O–H groups in total. The Bertz CT molecular complexity index is 769. The summed E-state index contributed by atoms with van der Waals surface area (Å²) < 4.78 is 24.1. The molecule has 1 aliphatic carbocycles. The van der Waals surface area contributed by atoms with Crippen LogP contribution < -0.4 is 21.1 Å². The van der Waals surface area contributed by atoms with E-state index in [4.69, 9.17) is 15.2 Å². The van der Waals surface area contributed by atoms with Crippen LogP contribution in [-0.4, -0.2) is 49.6 Å². The van der Waals surface area contributed by atoms with Crippen molar-refractivity contribution in [3.8, 4) is 5.75 Å². The Hall–Kier alpha value is -2.39. The summed E-state index contributed by atoms with van der Waals surface area (Å²) in [7, 11) is 1.40. The van der Waals surface area contributed by atoms with Crippen LogP contribution in [0.5, 0.6) is 5.75 Å². The fourth-order valence-electron chi connectivity index (χ4n) is 3.91. The number of rotatable bonds is 12. The number of amides is 1. The van der Waals surface area contributed by atoms with Gasteiger partial charge in [-0.3, -0.25) is 4.79 Å². The molecule has 1 aliphatic rings. The quantitative estimate of drug-likeness (QED) is 0.214. The van der Waals surface area contributed by atoms with Crippen molar-refractivity contribution in [3.63, 3.8) is 0 Å². The van der Waals surface area contributed by atoms with Gasteiger partial charge >= 0.3 is 0 Å². The molecule has 33 heavy (non-hydrogen) atoms. The number of carbonyl (C=O) groups excluding carboxylic acids is 1. The number of nitrogens with zero attached hydrogens (tertiary/aromatic N) is 1. The minimum Gasteiger partial charge on any atom is -0.494 e. The highest BCUT2D eigenvalue weighted by Gasteiger charge is 2.24. The molecule has 1 amide bonds. The number of nitrogens with one attached hydrogen (secondary N) is 2. The third-order valence-corrected chi connectivity index (χ3v) is 5.60. The number of hydrogen-bond donors (Lipinski definition) is 4. The summed E-state index contributed by atoms with van der Waals surface area (Å²) in [4.78, 5) is 17.4. The maximum Gasteiger partial charge on any atom is 0.245 e. The number of aliphatic hydroxyl groups is 1. The van der Waals surface area contributed by atoms with Gasteiger partial charge < -0.3 is 30.9 Å². The highest BCUT2D eigenvalue weighted by Crippen LogP contribution is 2.28. The number of nitrogens with two attached hydrogens (primary N) is 1. The van der Waals surface area contributed by atoms with E-state index in [0.29, 0.717) is 30.4 Å². The topological polar surface area (TPSA) is 118 Å². The minimum absolute atomic E-state index is 0.00458. The molecule has 0 aliphatic heterocycles. The van der Waals surface area contributed by atoms with Crippen LogP contribution >= 0.6 is 0 Å². The normalized spacial score (nSPS) is 17.0. The molecule has 0 saturated heterocycles. The Morgan fingerprint density at radius 2 is 2.00 bits per heavy atom. The largest absolute Gasteiger partial charge is 0.494 e. The zero-order valence-corrected chi connectivity index (χ0v) is 20.0. The monoisotopic (exact) mass is 466 g/mol. The van der Waals surface area contributed by atoms with Gasteiger partial charge in [0, 0.05) is 13.2 Å². The van der Waals surface area contributed by atoms with E-state index < -0.39 is 18.1 Å². The number of aliphatic hydroxyl groups excluding tert-OH is 1. The van der Waals surface area contributed by atoms with Crippen LogP contribution in [0.3, 0.4) is 0 Å². The van der Waals surface area contributed by atoms with E-state index >= 15 is 0 Å². The zero-order chi connectivity index (χ0) is 24.2. The molecular weight excluding hydrogens is 427 g/mol. The molecule has 0 radical (unpaired) electrons. The molecule has 2 atom stereocenters. The van der Waals surface area contributed by atoms with E-state index in [1.54, 1.807) is 12.1 Å². The molecule has 8 nitrogen and oxygen atoms in total. The highest BCUT2D eigenvalue weighted by molar-refractivity contribution is 5.86. The Kier molecular flexibility index (Phi) is 11.4. The number of methoxy groups -OCH3 is 1. The van der Waals surface area contributed by atoms with E-state index in [1.165, 1.54) is 19.6 Å². The van der Waals surface area contributed by atoms with Crippen molar-refractivity contribution in [1.82, 2.24) is 10.6 Å². The Balaban J connectivity index is 2.00. The average Bonchev–Trinajstić information content (AvgIpc) is 2.78. The first-order valence-electron chi connectivity index (χ1n) is 11.7. The van der Waals surface area contributed by atoms with Gasteiger partial charge in [-0.2, -0.15) is 0 Å². The van der Waals surface area contributed by atoms with Gasteiger partial charge in [0.25, 0.3) is 0 Å². The lowest BCUT2D eigenvalue weighted by molar-refractivity contribution is -0.122. The summed E-state index contributed by atoms with van der Waals surface area (Å²) >= 11 is 0. The van der Waals surface area contributed by atoms with Crippen LogP contribution in [0.25, 0.3) is 0 Å². The zero-order valence-electron chi connectivity index (χ0n) is 20.0. The second-order valence-electron chi connectivity index (χ2n) is 9.05. The van der Waals surface area contributed by atoms with E-state index in [9.17, 15) is 14.3 Å². The lowest BCUT2D eigenvalue weighted by Crippen LogP contribution is -2.45. The van der Waals surface area contributed by atoms with Crippen LogP contribution in [0.15, 0.2) is 23.2 Å². The van der Waals surface area contributed by atoms with Crippen molar-refractivity contribution >= 4 is 11.9 Å². The smallest absolute Gasteiger partial charge is 0.245 e. The second-order valence-corrected chi connectivity index (χ2v) is 9.05. The molecule has 2 unspecified atom stereocenters. The van der Waals surface area contributed by atoms with E-state index in [2.05, 4.69) is 15.6 Å². The van der Waals surface area contributed by atoms with Crippen molar-refractivity contribution in [2.24, 2.45) is 22.6 Å². The fraction of sp³-hybridized carbons (Fsp3) is 0.667. The van der Waals surface area contributed by atoms with Gasteiger partial charge in [-0.25, -0.2) is 9.38 Å². The molecule has 2 rings (SSSR count). The summed E-state index contributed by atoms with van der Waals surface area (Å²) in [5, 5.41) is 15.7. The van der Waals surface area contributed by atoms with Crippen molar-refractivity contribution < 1.29 is 23.8 Å². The maximum atomic E-state index is 13.6. The summed E-state index contributed by atoms with van der Waals surface area (Å²) in [5.74, 6) is 0.154. The van der Waals surface area contributed by atoms with Crippen molar-refractivity contribution in [1.29, 1.82) is 0 Å². The lowest BCUT2D eigenvalue weighted by atomic mass is 9.84. The molecule has 1 aromatic carbocycles. The summed E-state index contributed by atoms with van der Waals surface area (Å²) in [6.07, 6.45) is 5.21. The molecule has 1 aromatic rings. The number of halogens is 1. The number of aliphatic imine (C=N–C) groups is 1. The number of carbonyl (C=O) groups is 1. The van der Waals surface area contributed by atoms with Gasteiger partial charge in [-0.15, -0.1) is 0 Å². The first-order chi connectivity index (χ1) is 15.8. The molecule has 0 spiro atoms. The van der Waals surface area contributed by atoms with Gasteiger partial charge in [0.1, 0.15) is 12.3 Å². The van der Waals surface area contributed by atoms with Crippen molar-refractivity contribution in [2.45, 2.75) is 71.2 Å². The summed E-state index contributed by atoms with van der Waals surface area (Å²) in [5.41, 5.74) is 6.71. The number of benzene rings is 1. The van der Waals surface area contributed by atoms with Crippen LogP contribution in [0.4, 0.5) is 4.39 Å². The average molecular weight is 467 g/mol. The first-order valence-corrected chi connectivity index (χ1v) is 11.7. The van der Waals surface area contributed by atoms with Crippen LogP contribution in [0.1, 0.15) is 57.9 Å². The third kappa shape index (κ3) is 9.96. The molecule has 1 saturated carbocycles. The van der Waals surface area contributed by atoms with E-state index in [0.717, 1.165) is 25.7 Å². The second kappa shape index (κ2) is 14.0. The van der Waals surface area contributed by atoms with Crippen molar-refractivity contribution in [3.05, 3.63) is 29.6 Å². The van der Waals surface area contributed by atoms with E-state index in [1.807, 2.05) is 13.8 Å². The minimum atomic E-state index is -1.02. The molecule has 0 bridgehead atoms. The Morgan fingerprint density at radius 3 is 2.67 bits per heavy atom. The number of ether oxygens (including phenoxy) is 2. The van der Waals surface area contributed by atoms with Gasteiger partial charge in [-0.1, -0.05) is 52.0 Å². The number of hydrogen-bond acceptors (Lipinski definition) is 5. The molecule has 0 aromatic heterocycles. The SMILES string of the molecule is COc1cc(CNC(=O)C(CC2CCCCC2)N=C(N)NC(O)COCC(C)C)ccc1F. The molecule has 9 heteroatoms. The lowest BCUT2D eigenvalue weighted by Gasteiger charge is -2.25. The summed E-state index contributed by atoms with van der Waals surface area (Å²) in [6, 6.07) is 3.77. The van der Waals surface area contributed by atoms with Gasteiger partial charge in [0.05, 0.1) is 13.7 Å². The Labute approximate surface area is 196 Å². The predicted molar refractivity (Wildman–Crippen MR) is 126 cm³/mol. The molecule has 0 heterocycles. The number of guanidine groups is 1.